The van der Waals surface area contributed by atoms with E-state index in [0.717, 1.165) is 89.1 Å². The van der Waals surface area contributed by atoms with Gasteiger partial charge in [0.05, 0.1) is 50.6 Å². The highest BCUT2D eigenvalue weighted by Crippen LogP contribution is 2.44. The van der Waals surface area contributed by atoms with Gasteiger partial charge in [0.1, 0.15) is 11.6 Å². The molecule has 0 aliphatic carbocycles. The Morgan fingerprint density at radius 3 is 1.48 bits per heavy atom. The van der Waals surface area contributed by atoms with Crippen molar-refractivity contribution < 1.29 is 13.2 Å². The molecule has 4 nitrogen and oxygen atoms in total. The molecule has 7 heteroatoms. The van der Waals surface area contributed by atoms with Gasteiger partial charge in [-0.3, -0.25) is 0 Å². The van der Waals surface area contributed by atoms with E-state index in [0.29, 0.717) is 16.9 Å². The van der Waals surface area contributed by atoms with Crippen LogP contribution >= 0.6 is 0 Å². The molecule has 0 aliphatic heterocycles. The molecule has 8 aromatic carbocycles. The van der Waals surface area contributed by atoms with E-state index >= 15 is 0 Å². The molecule has 0 spiro atoms. The van der Waals surface area contributed by atoms with E-state index in [1.54, 1.807) is 6.07 Å². The van der Waals surface area contributed by atoms with E-state index < -0.39 is 11.7 Å². The van der Waals surface area contributed by atoms with Crippen LogP contribution in [-0.2, 0) is 6.18 Å². The zero-order valence-electron chi connectivity index (χ0n) is 32.5. The Morgan fingerprint density at radius 1 is 0.450 bits per heavy atom. The molecule has 2 aromatic heterocycles. The van der Waals surface area contributed by atoms with E-state index in [1.165, 1.54) is 6.07 Å². The zero-order valence-corrected chi connectivity index (χ0v) is 32.5. The summed E-state index contributed by atoms with van der Waals surface area (Å²) < 4.78 is 47.7. The average Bonchev–Trinajstić information content (AvgIpc) is 3.77. The molecule has 0 amide bonds. The van der Waals surface area contributed by atoms with Crippen LogP contribution in [0.2, 0.25) is 0 Å². The van der Waals surface area contributed by atoms with Crippen molar-refractivity contribution in [2.24, 2.45) is 0 Å². The predicted molar refractivity (Wildman–Crippen MR) is 235 cm³/mol. The van der Waals surface area contributed by atoms with Crippen molar-refractivity contribution in [1.29, 1.82) is 10.5 Å². The predicted octanol–water partition coefficient (Wildman–Crippen LogP) is 14.3. The molecule has 0 fully saturated rings. The number of fused-ring (bicyclic) bond motifs is 6. The second-order valence-electron chi connectivity index (χ2n) is 15.3. The van der Waals surface area contributed by atoms with Gasteiger partial charge in [-0.15, -0.1) is 0 Å². The van der Waals surface area contributed by atoms with Gasteiger partial charge in [-0.2, -0.15) is 23.7 Å². The highest BCUT2D eigenvalue weighted by molar-refractivity contribution is 6.12. The maximum absolute atomic E-state index is 14.5. The summed E-state index contributed by atoms with van der Waals surface area (Å²) in [6.07, 6.45) is -4.71. The number of aryl methyl sites for hydroxylation is 2. The van der Waals surface area contributed by atoms with Gasteiger partial charge in [-0.1, -0.05) is 126 Å². The average molecular weight is 783 g/mol. The molecule has 0 radical (unpaired) electrons. The topological polar surface area (TPSA) is 57.4 Å². The molecule has 0 N–H and O–H groups in total. The molecule has 0 atom stereocenters. The third-order valence-electron chi connectivity index (χ3n) is 11.6. The molecule has 10 aromatic rings. The van der Waals surface area contributed by atoms with Gasteiger partial charge in [0.25, 0.3) is 0 Å². The minimum Gasteiger partial charge on any atom is -0.308 e. The number of nitriles is 2. The van der Waals surface area contributed by atoms with Crippen molar-refractivity contribution >= 4 is 43.6 Å². The third kappa shape index (κ3) is 5.91. The first-order valence-corrected chi connectivity index (χ1v) is 19.5. The number of aromatic nitrogens is 2. The lowest BCUT2D eigenvalue weighted by Gasteiger charge is -2.21. The molecule has 0 bridgehead atoms. The fourth-order valence-corrected chi connectivity index (χ4v) is 8.65. The maximum Gasteiger partial charge on any atom is 0.416 e. The first-order valence-electron chi connectivity index (χ1n) is 19.5. The highest BCUT2D eigenvalue weighted by atomic mass is 19.4. The van der Waals surface area contributed by atoms with E-state index in [-0.39, 0.29) is 16.7 Å². The first-order chi connectivity index (χ1) is 29.1. The molecule has 2 heterocycles. The Morgan fingerprint density at radius 2 is 0.950 bits per heavy atom. The number of alkyl halides is 3. The standard InChI is InChI=1S/C53H33F3N4/c1-32-11-15-35(16-12-32)37-19-21-44-42-7-3-5-9-47(42)59(50(44)28-37)49-24-23-41(39-25-34(30-57)26-40(27-39)53(54,55)56)52(46(49)31-58)60-48-10-6-4-8-43(48)45-22-20-38(29-51(45)60)36-17-13-33(2)14-18-36/h3-29H,1-2H3. The molecule has 0 saturated carbocycles. The molecule has 60 heavy (non-hydrogen) atoms. The molecule has 10 rings (SSSR count). The number of nitrogens with zero attached hydrogens (tertiary/aromatic N) is 4. The van der Waals surface area contributed by atoms with Crippen LogP contribution < -0.4 is 0 Å². The van der Waals surface area contributed by atoms with Crippen LogP contribution in [0.15, 0.2) is 164 Å². The van der Waals surface area contributed by atoms with Crippen LogP contribution in [-0.4, -0.2) is 9.13 Å². The normalized spacial score (nSPS) is 11.7. The molecule has 0 saturated heterocycles. The third-order valence-corrected chi connectivity index (χ3v) is 11.6. The smallest absolute Gasteiger partial charge is 0.308 e. The summed E-state index contributed by atoms with van der Waals surface area (Å²) in [6, 6.07) is 56.6. The van der Waals surface area contributed by atoms with Crippen LogP contribution in [0.25, 0.3) is 88.4 Å². The summed E-state index contributed by atoms with van der Waals surface area (Å²) in [6.45, 7) is 4.09. The quantitative estimate of drug-likeness (QED) is 0.175. The van der Waals surface area contributed by atoms with Gasteiger partial charge in [0.15, 0.2) is 0 Å². The molecule has 286 valence electrons. The fraction of sp³-hybridized carbons (Fsp3) is 0.0566. The summed E-state index contributed by atoms with van der Waals surface area (Å²) in [5, 5.41) is 25.4. The highest BCUT2D eigenvalue weighted by Gasteiger charge is 2.32. The van der Waals surface area contributed by atoms with E-state index in [4.69, 9.17) is 0 Å². The van der Waals surface area contributed by atoms with E-state index in [2.05, 4.69) is 109 Å². The summed E-state index contributed by atoms with van der Waals surface area (Å²) in [7, 11) is 0. The van der Waals surface area contributed by atoms with E-state index in [1.807, 2.05) is 66.1 Å². The van der Waals surface area contributed by atoms with Crippen molar-refractivity contribution in [2.45, 2.75) is 20.0 Å². The van der Waals surface area contributed by atoms with Gasteiger partial charge in [0.2, 0.25) is 0 Å². The van der Waals surface area contributed by atoms with Crippen LogP contribution in [0.3, 0.4) is 0 Å². The van der Waals surface area contributed by atoms with Crippen molar-refractivity contribution in [2.75, 3.05) is 0 Å². The summed E-state index contributed by atoms with van der Waals surface area (Å²) in [5.74, 6) is 0. The number of hydrogen-bond donors (Lipinski definition) is 0. The Hall–Kier alpha value is -7.87. The van der Waals surface area contributed by atoms with E-state index in [9.17, 15) is 23.7 Å². The number of halogens is 3. The molecular weight excluding hydrogens is 750 g/mol. The Kier molecular flexibility index (Phi) is 8.45. The lowest BCUT2D eigenvalue weighted by molar-refractivity contribution is -0.137. The number of para-hydroxylation sites is 2. The van der Waals surface area contributed by atoms with Gasteiger partial charge >= 0.3 is 6.18 Å². The summed E-state index contributed by atoms with van der Waals surface area (Å²) in [4.78, 5) is 0. The number of rotatable bonds is 5. The van der Waals surface area contributed by atoms with Crippen LogP contribution in [0, 0.1) is 36.5 Å². The largest absolute Gasteiger partial charge is 0.416 e. The molecule has 0 unspecified atom stereocenters. The first kappa shape index (κ1) is 36.5. The van der Waals surface area contributed by atoms with Crippen molar-refractivity contribution in [3.63, 3.8) is 0 Å². The molecular formula is C53H33F3N4. The second kappa shape index (κ2) is 13.9. The van der Waals surface area contributed by atoms with Gasteiger partial charge in [-0.05, 0) is 90.2 Å². The minimum absolute atomic E-state index is 0.136. The Labute approximate surface area is 343 Å². The van der Waals surface area contributed by atoms with Crippen molar-refractivity contribution in [1.82, 2.24) is 9.13 Å². The SMILES string of the molecule is Cc1ccc(-c2ccc3c4ccccc4n(-c4ccc(-c5cc(C#N)cc(C(F)(F)F)c5)c(-n5c6ccccc6c6ccc(-c7ccc(C)cc7)cc65)c4C#N)c3c2)cc1. The van der Waals surface area contributed by atoms with Gasteiger partial charge in [0, 0.05) is 27.1 Å². The number of hydrogen-bond acceptors (Lipinski definition) is 2. The lowest BCUT2D eigenvalue weighted by Crippen LogP contribution is -2.08. The minimum atomic E-state index is -4.71. The van der Waals surface area contributed by atoms with Crippen LogP contribution in [0.4, 0.5) is 13.2 Å². The van der Waals surface area contributed by atoms with Crippen LogP contribution in [0.1, 0.15) is 27.8 Å². The second-order valence-corrected chi connectivity index (χ2v) is 15.3. The lowest BCUT2D eigenvalue weighted by atomic mass is 9.95. The summed E-state index contributed by atoms with van der Waals surface area (Å²) >= 11 is 0. The monoisotopic (exact) mass is 782 g/mol. The van der Waals surface area contributed by atoms with Crippen LogP contribution in [0.5, 0.6) is 0 Å². The van der Waals surface area contributed by atoms with Crippen molar-refractivity contribution in [3.05, 3.63) is 192 Å². The Bertz CT molecular complexity index is 3450. The maximum atomic E-state index is 14.5. The molecule has 0 aliphatic rings. The van der Waals surface area contributed by atoms with Gasteiger partial charge < -0.3 is 9.13 Å². The van der Waals surface area contributed by atoms with Gasteiger partial charge in [-0.25, -0.2) is 0 Å². The zero-order chi connectivity index (χ0) is 41.3. The summed E-state index contributed by atoms with van der Waals surface area (Å²) in [5.41, 5.74) is 10.3. The number of benzene rings is 8. The van der Waals surface area contributed by atoms with Crippen molar-refractivity contribution in [3.8, 4) is 56.9 Å². The Balaban J connectivity index is 1.35. The fourth-order valence-electron chi connectivity index (χ4n) is 8.65.